The number of benzene rings is 1. The number of nitrogens with one attached hydrogen (secondary N) is 2. The maximum atomic E-state index is 6.34. The minimum absolute atomic E-state index is 0.00262. The second kappa shape index (κ2) is 6.29. The Morgan fingerprint density at radius 1 is 1.32 bits per heavy atom. The summed E-state index contributed by atoms with van der Waals surface area (Å²) >= 11 is 6.34. The first-order chi connectivity index (χ1) is 12.1. The molecule has 0 aromatic heterocycles. The second-order valence-electron chi connectivity index (χ2n) is 6.92. The van der Waals surface area contributed by atoms with E-state index in [1.54, 1.807) is 0 Å². The van der Waals surface area contributed by atoms with E-state index in [0.29, 0.717) is 0 Å². The lowest BCUT2D eigenvalue weighted by Gasteiger charge is -2.33. The van der Waals surface area contributed by atoms with E-state index in [9.17, 15) is 0 Å². The van der Waals surface area contributed by atoms with Gasteiger partial charge in [0.15, 0.2) is 0 Å². The van der Waals surface area contributed by atoms with E-state index in [-0.39, 0.29) is 18.1 Å². The Bertz CT molecular complexity index is 828. The molecule has 2 aliphatic heterocycles. The first-order valence-corrected chi connectivity index (χ1v) is 8.96. The molecule has 3 aliphatic rings. The van der Waals surface area contributed by atoms with Crippen molar-refractivity contribution in [3.63, 3.8) is 0 Å². The topological polar surface area (TPSA) is 33.3 Å². The van der Waals surface area contributed by atoms with Crippen molar-refractivity contribution in [3.8, 4) is 18.1 Å². The van der Waals surface area contributed by atoms with Gasteiger partial charge in [0.1, 0.15) is 12.4 Å². The number of hydrogen-bond donors (Lipinski definition) is 2. The largest absolute Gasteiger partial charge is 0.481 e. The van der Waals surface area contributed by atoms with Gasteiger partial charge in [-0.25, -0.2) is 0 Å². The van der Waals surface area contributed by atoms with Crippen LogP contribution in [-0.4, -0.2) is 13.2 Å². The number of allylic oxidation sites excluding steroid dienone is 4. The van der Waals surface area contributed by atoms with Crippen LogP contribution in [0.1, 0.15) is 31.4 Å². The summed E-state index contributed by atoms with van der Waals surface area (Å²) in [5.41, 5.74) is 5.22. The van der Waals surface area contributed by atoms with E-state index in [0.717, 1.165) is 30.2 Å². The zero-order chi connectivity index (χ0) is 17.4. The Labute approximate surface area is 153 Å². The fourth-order valence-corrected chi connectivity index (χ4v) is 4.41. The van der Waals surface area contributed by atoms with Crippen LogP contribution in [0.15, 0.2) is 58.4 Å². The Morgan fingerprint density at radius 2 is 2.12 bits per heavy atom. The van der Waals surface area contributed by atoms with Gasteiger partial charge in [-0.15, -0.1) is 6.42 Å². The highest BCUT2D eigenvalue weighted by molar-refractivity contribution is 6.29. The molecule has 0 fully saturated rings. The third-order valence-electron chi connectivity index (χ3n) is 5.36. The lowest BCUT2D eigenvalue weighted by molar-refractivity contribution is 0.370. The lowest BCUT2D eigenvalue weighted by Crippen LogP contribution is -2.32. The first-order valence-electron chi connectivity index (χ1n) is 8.59. The summed E-state index contributed by atoms with van der Waals surface area (Å²) in [6.45, 7) is 3.55. The SMILES string of the molecule is C#CCOc1ccc(C2NCCC3=C2NC2=CC=C(Cl)CC23C)cc1. The zero-order valence-electron chi connectivity index (χ0n) is 14.2. The normalized spacial score (nSPS) is 27.5. The third kappa shape index (κ3) is 2.76. The number of terminal acetylenes is 1. The quantitative estimate of drug-likeness (QED) is 0.806. The van der Waals surface area contributed by atoms with Gasteiger partial charge in [0.05, 0.1) is 6.04 Å². The zero-order valence-corrected chi connectivity index (χ0v) is 15.0. The van der Waals surface area contributed by atoms with Crippen molar-refractivity contribution in [2.24, 2.45) is 5.41 Å². The van der Waals surface area contributed by atoms with Gasteiger partial charge < -0.3 is 15.4 Å². The molecule has 0 saturated heterocycles. The van der Waals surface area contributed by atoms with Crippen molar-refractivity contribution >= 4 is 11.6 Å². The molecule has 2 unspecified atom stereocenters. The molecule has 0 spiro atoms. The van der Waals surface area contributed by atoms with Crippen LogP contribution < -0.4 is 15.4 Å². The van der Waals surface area contributed by atoms with Gasteiger partial charge >= 0.3 is 0 Å². The van der Waals surface area contributed by atoms with E-state index in [4.69, 9.17) is 22.8 Å². The van der Waals surface area contributed by atoms with Crippen molar-refractivity contribution in [2.75, 3.05) is 13.2 Å². The van der Waals surface area contributed by atoms with Crippen LogP contribution >= 0.6 is 11.6 Å². The van der Waals surface area contributed by atoms with E-state index in [1.165, 1.54) is 22.5 Å². The minimum atomic E-state index is -0.00262. The van der Waals surface area contributed by atoms with Gasteiger partial charge in [0.2, 0.25) is 0 Å². The fourth-order valence-electron chi connectivity index (χ4n) is 4.08. The molecule has 0 saturated carbocycles. The van der Waals surface area contributed by atoms with Crippen molar-refractivity contribution in [1.29, 1.82) is 0 Å². The van der Waals surface area contributed by atoms with Crippen LogP contribution in [0.3, 0.4) is 0 Å². The standard InChI is InChI=1S/C21H21ClN2O/c1-3-12-25-16-7-4-14(5-8-16)19-20-17(10-11-23-19)21(2)13-15(22)6-9-18(21)24-20/h1,4-9,19,23-24H,10-13H2,2H3. The molecule has 1 aromatic rings. The highest BCUT2D eigenvalue weighted by Crippen LogP contribution is 2.52. The Morgan fingerprint density at radius 3 is 2.88 bits per heavy atom. The second-order valence-corrected chi connectivity index (χ2v) is 7.40. The number of rotatable bonds is 3. The average molecular weight is 353 g/mol. The third-order valence-corrected chi connectivity index (χ3v) is 5.62. The number of halogens is 1. The van der Waals surface area contributed by atoms with E-state index < -0.39 is 0 Å². The van der Waals surface area contributed by atoms with E-state index in [1.807, 2.05) is 18.2 Å². The summed E-state index contributed by atoms with van der Waals surface area (Å²) in [5, 5.41) is 8.23. The van der Waals surface area contributed by atoms with Crippen LogP contribution in [0.5, 0.6) is 5.75 Å². The molecule has 2 heterocycles. The molecule has 0 amide bonds. The molecule has 2 atom stereocenters. The monoisotopic (exact) mass is 352 g/mol. The summed E-state index contributed by atoms with van der Waals surface area (Å²) in [4.78, 5) is 0. The molecular weight excluding hydrogens is 332 g/mol. The molecule has 128 valence electrons. The maximum absolute atomic E-state index is 6.34. The lowest BCUT2D eigenvalue weighted by atomic mass is 9.73. The minimum Gasteiger partial charge on any atom is -0.481 e. The van der Waals surface area contributed by atoms with Gasteiger partial charge in [-0.05, 0) is 61.7 Å². The number of fused-ring (bicyclic) bond motifs is 2. The number of ether oxygens (including phenoxy) is 1. The van der Waals surface area contributed by atoms with Crippen molar-refractivity contribution in [2.45, 2.75) is 25.8 Å². The molecule has 0 radical (unpaired) electrons. The molecular formula is C21H21ClN2O. The number of hydrogen-bond acceptors (Lipinski definition) is 3. The van der Waals surface area contributed by atoms with Crippen molar-refractivity contribution < 1.29 is 4.74 Å². The van der Waals surface area contributed by atoms with E-state index >= 15 is 0 Å². The molecule has 1 aliphatic carbocycles. The van der Waals surface area contributed by atoms with Gasteiger partial charge in [-0.2, -0.15) is 0 Å². The van der Waals surface area contributed by atoms with Crippen LogP contribution in [0.25, 0.3) is 0 Å². The molecule has 4 rings (SSSR count). The Hall–Kier alpha value is -2.15. The van der Waals surface area contributed by atoms with Crippen LogP contribution in [-0.2, 0) is 0 Å². The summed E-state index contributed by atoms with van der Waals surface area (Å²) in [6.07, 6.45) is 11.3. The van der Waals surface area contributed by atoms with Crippen LogP contribution in [0, 0.1) is 17.8 Å². The fraction of sp³-hybridized carbons (Fsp3) is 0.333. The Balaban J connectivity index is 1.64. The molecule has 4 heteroatoms. The molecule has 0 bridgehead atoms. The highest BCUT2D eigenvalue weighted by Gasteiger charge is 2.45. The van der Waals surface area contributed by atoms with Gasteiger partial charge in [0, 0.05) is 21.8 Å². The summed E-state index contributed by atoms with van der Waals surface area (Å²) in [5.74, 6) is 3.28. The summed E-state index contributed by atoms with van der Waals surface area (Å²) < 4.78 is 5.47. The van der Waals surface area contributed by atoms with Crippen molar-refractivity contribution in [1.82, 2.24) is 10.6 Å². The average Bonchev–Trinajstić information content (AvgIpc) is 2.92. The summed E-state index contributed by atoms with van der Waals surface area (Å²) in [6, 6.07) is 8.32. The van der Waals surface area contributed by atoms with Crippen LogP contribution in [0.2, 0.25) is 0 Å². The predicted molar refractivity (Wildman–Crippen MR) is 101 cm³/mol. The van der Waals surface area contributed by atoms with Gasteiger partial charge in [-0.1, -0.05) is 29.7 Å². The van der Waals surface area contributed by atoms with Crippen molar-refractivity contribution in [3.05, 3.63) is 64.0 Å². The van der Waals surface area contributed by atoms with Crippen LogP contribution in [0.4, 0.5) is 0 Å². The van der Waals surface area contributed by atoms with Gasteiger partial charge in [0.25, 0.3) is 0 Å². The Kier molecular flexibility index (Phi) is 4.11. The summed E-state index contributed by atoms with van der Waals surface area (Å²) in [7, 11) is 0. The predicted octanol–water partition coefficient (Wildman–Crippen LogP) is 4.01. The maximum Gasteiger partial charge on any atom is 0.148 e. The first kappa shape index (κ1) is 16.3. The van der Waals surface area contributed by atoms with E-state index in [2.05, 4.69) is 41.7 Å². The molecule has 3 nitrogen and oxygen atoms in total. The smallest absolute Gasteiger partial charge is 0.148 e. The molecule has 25 heavy (non-hydrogen) atoms. The molecule has 1 aromatic carbocycles. The van der Waals surface area contributed by atoms with Gasteiger partial charge in [-0.3, -0.25) is 0 Å². The molecule has 2 N–H and O–H groups in total. The highest BCUT2D eigenvalue weighted by atomic mass is 35.5.